The van der Waals surface area contributed by atoms with Crippen molar-refractivity contribution in [3.8, 4) is 5.75 Å². The van der Waals surface area contributed by atoms with Crippen LogP contribution in [0.4, 0.5) is 5.69 Å². The predicted octanol–water partition coefficient (Wildman–Crippen LogP) is 4.17. The van der Waals surface area contributed by atoms with Crippen molar-refractivity contribution in [3.05, 3.63) is 23.8 Å². The van der Waals surface area contributed by atoms with Crippen molar-refractivity contribution >= 4 is 5.69 Å². The highest BCUT2D eigenvalue weighted by Gasteiger charge is 2.51. The first-order valence-corrected chi connectivity index (χ1v) is 8.11. The van der Waals surface area contributed by atoms with Gasteiger partial charge in [0.1, 0.15) is 5.75 Å². The first-order chi connectivity index (χ1) is 9.62. The average Bonchev–Trinajstić information content (AvgIpc) is 2.39. The summed E-state index contributed by atoms with van der Waals surface area (Å²) in [6.07, 6.45) is 8.73. The van der Waals surface area contributed by atoms with Gasteiger partial charge in [-0.1, -0.05) is 0 Å². The number of benzene rings is 1. The average molecular weight is 271 g/mol. The Balaban J connectivity index is 1.47. The lowest BCUT2D eigenvalue weighted by Crippen LogP contribution is -2.48. The molecule has 5 rings (SSSR count). The van der Waals surface area contributed by atoms with E-state index in [1.54, 1.807) is 0 Å². The van der Waals surface area contributed by atoms with Crippen LogP contribution in [0.5, 0.6) is 5.75 Å². The van der Waals surface area contributed by atoms with Crippen LogP contribution in [0.15, 0.2) is 18.2 Å². The summed E-state index contributed by atoms with van der Waals surface area (Å²) in [4.78, 5) is 0. The van der Waals surface area contributed by atoms with Gasteiger partial charge in [-0.25, -0.2) is 0 Å². The van der Waals surface area contributed by atoms with Gasteiger partial charge >= 0.3 is 0 Å². The predicted molar refractivity (Wildman–Crippen MR) is 81.7 cm³/mol. The largest absolute Gasteiger partial charge is 0.493 e. The fourth-order valence-electron chi connectivity index (χ4n) is 5.44. The minimum absolute atomic E-state index is 0.490. The van der Waals surface area contributed by atoms with Gasteiger partial charge in [-0.3, -0.25) is 0 Å². The molecule has 0 unspecified atom stereocenters. The molecule has 0 amide bonds. The molecule has 4 saturated carbocycles. The van der Waals surface area contributed by atoms with Gasteiger partial charge in [-0.15, -0.1) is 0 Å². The number of nitrogen functional groups attached to an aromatic ring is 1. The molecule has 0 atom stereocenters. The Morgan fingerprint density at radius 1 is 1.10 bits per heavy atom. The molecule has 0 radical (unpaired) electrons. The molecule has 4 bridgehead atoms. The zero-order valence-electron chi connectivity index (χ0n) is 12.4. The second-order valence-electron chi connectivity index (χ2n) is 7.72. The quantitative estimate of drug-likeness (QED) is 0.837. The summed E-state index contributed by atoms with van der Waals surface area (Å²) in [5.41, 5.74) is 8.34. The van der Waals surface area contributed by atoms with Crippen molar-refractivity contribution in [3.63, 3.8) is 0 Å². The molecule has 2 nitrogen and oxygen atoms in total. The van der Waals surface area contributed by atoms with Crippen LogP contribution in [0.25, 0.3) is 0 Å². The lowest BCUT2D eigenvalue weighted by Gasteiger charge is -2.56. The Hall–Kier alpha value is -1.18. The molecule has 20 heavy (non-hydrogen) atoms. The lowest BCUT2D eigenvalue weighted by atomic mass is 9.50. The van der Waals surface area contributed by atoms with Crippen LogP contribution >= 0.6 is 0 Å². The van der Waals surface area contributed by atoms with Crippen molar-refractivity contribution in [2.45, 2.75) is 45.4 Å². The third-order valence-electron chi connectivity index (χ3n) is 5.95. The van der Waals surface area contributed by atoms with E-state index in [-0.39, 0.29) is 0 Å². The van der Waals surface area contributed by atoms with E-state index in [2.05, 4.69) is 6.07 Å². The first-order valence-electron chi connectivity index (χ1n) is 8.11. The maximum absolute atomic E-state index is 6.17. The first kappa shape index (κ1) is 12.6. The van der Waals surface area contributed by atoms with Gasteiger partial charge in [-0.05, 0) is 87.0 Å². The van der Waals surface area contributed by atoms with Crippen LogP contribution in [0.3, 0.4) is 0 Å². The summed E-state index contributed by atoms with van der Waals surface area (Å²) in [7, 11) is 0. The van der Waals surface area contributed by atoms with Crippen LogP contribution in [0.1, 0.15) is 44.1 Å². The maximum Gasteiger partial charge on any atom is 0.119 e. The summed E-state index contributed by atoms with van der Waals surface area (Å²) in [6.45, 7) is 2.97. The molecule has 0 heterocycles. The van der Waals surface area contributed by atoms with Crippen molar-refractivity contribution < 1.29 is 4.74 Å². The van der Waals surface area contributed by atoms with Crippen LogP contribution in [-0.2, 0) is 0 Å². The van der Waals surface area contributed by atoms with Gasteiger partial charge in [0.2, 0.25) is 0 Å². The van der Waals surface area contributed by atoms with Crippen LogP contribution in [0, 0.1) is 30.1 Å². The molecule has 4 aliphatic carbocycles. The van der Waals surface area contributed by atoms with E-state index in [4.69, 9.17) is 10.5 Å². The molecule has 0 spiro atoms. The van der Waals surface area contributed by atoms with Crippen LogP contribution < -0.4 is 10.5 Å². The van der Waals surface area contributed by atoms with Crippen molar-refractivity contribution in [1.82, 2.24) is 0 Å². The Morgan fingerprint density at radius 3 is 2.25 bits per heavy atom. The van der Waals surface area contributed by atoms with Crippen LogP contribution in [0.2, 0.25) is 0 Å². The molecule has 0 aliphatic heterocycles. The molecular formula is C18H25NO. The van der Waals surface area contributed by atoms with Gasteiger partial charge in [-0.2, -0.15) is 0 Å². The van der Waals surface area contributed by atoms with Crippen molar-refractivity contribution in [1.29, 1.82) is 0 Å². The molecule has 4 aliphatic rings. The summed E-state index contributed by atoms with van der Waals surface area (Å²) < 4.78 is 6.17. The zero-order chi connectivity index (χ0) is 13.7. The highest BCUT2D eigenvalue weighted by Crippen LogP contribution is 2.60. The Morgan fingerprint density at radius 2 is 1.70 bits per heavy atom. The molecule has 0 saturated heterocycles. The van der Waals surface area contributed by atoms with E-state index in [0.717, 1.165) is 41.4 Å². The number of hydrogen-bond acceptors (Lipinski definition) is 2. The third-order valence-corrected chi connectivity index (χ3v) is 5.95. The highest BCUT2D eigenvalue weighted by molar-refractivity contribution is 5.49. The second-order valence-corrected chi connectivity index (χ2v) is 7.72. The summed E-state index contributed by atoms with van der Waals surface area (Å²) >= 11 is 0. The van der Waals surface area contributed by atoms with Crippen molar-refractivity contribution in [2.24, 2.45) is 23.2 Å². The summed E-state index contributed by atoms with van der Waals surface area (Å²) in [5.74, 6) is 3.99. The van der Waals surface area contributed by atoms with Crippen LogP contribution in [-0.4, -0.2) is 6.61 Å². The molecule has 2 heteroatoms. The number of hydrogen-bond donors (Lipinski definition) is 1. The zero-order valence-corrected chi connectivity index (χ0v) is 12.4. The number of ether oxygens (including phenoxy) is 1. The Kier molecular flexibility index (Phi) is 2.77. The highest BCUT2D eigenvalue weighted by atomic mass is 16.5. The van der Waals surface area contributed by atoms with E-state index in [9.17, 15) is 0 Å². The Labute approximate surface area is 121 Å². The van der Waals surface area contributed by atoms with E-state index in [1.165, 1.54) is 38.5 Å². The number of aryl methyl sites for hydroxylation is 1. The smallest absolute Gasteiger partial charge is 0.119 e. The summed E-state index contributed by atoms with van der Waals surface area (Å²) in [5, 5.41) is 0. The molecular weight excluding hydrogens is 246 g/mol. The topological polar surface area (TPSA) is 35.2 Å². The molecule has 4 fully saturated rings. The van der Waals surface area contributed by atoms with E-state index >= 15 is 0 Å². The van der Waals surface area contributed by atoms with E-state index < -0.39 is 0 Å². The minimum Gasteiger partial charge on any atom is -0.493 e. The van der Waals surface area contributed by atoms with E-state index in [1.807, 2.05) is 19.1 Å². The van der Waals surface area contributed by atoms with Crippen molar-refractivity contribution in [2.75, 3.05) is 12.3 Å². The second kappa shape index (κ2) is 4.41. The van der Waals surface area contributed by atoms with E-state index in [0.29, 0.717) is 5.41 Å². The SMILES string of the molecule is Cc1cc(OCC23CC4CC(CC(C4)C2)C3)ccc1N. The van der Waals surface area contributed by atoms with Gasteiger partial charge in [0.25, 0.3) is 0 Å². The molecule has 108 valence electrons. The molecule has 1 aromatic carbocycles. The monoisotopic (exact) mass is 271 g/mol. The maximum atomic E-state index is 6.17. The Bertz CT molecular complexity index is 487. The fourth-order valence-corrected chi connectivity index (χ4v) is 5.44. The third kappa shape index (κ3) is 2.10. The number of anilines is 1. The summed E-state index contributed by atoms with van der Waals surface area (Å²) in [6, 6.07) is 6.06. The molecule has 1 aromatic rings. The molecule has 0 aromatic heterocycles. The van der Waals surface area contributed by atoms with Gasteiger partial charge in [0.05, 0.1) is 6.61 Å². The minimum atomic E-state index is 0.490. The van der Waals surface area contributed by atoms with Gasteiger partial charge in [0, 0.05) is 11.1 Å². The molecule has 2 N–H and O–H groups in total. The van der Waals surface area contributed by atoms with Gasteiger partial charge in [0.15, 0.2) is 0 Å². The normalized spacial score (nSPS) is 38.1. The number of rotatable bonds is 3. The standard InChI is InChI=1S/C18H25NO/c1-12-4-16(2-3-17(12)19)20-11-18-8-13-5-14(9-18)7-15(6-13)10-18/h2-4,13-15H,5-11,19H2,1H3. The number of nitrogens with two attached hydrogens (primary N) is 1. The van der Waals surface area contributed by atoms with Gasteiger partial charge < -0.3 is 10.5 Å². The lowest BCUT2D eigenvalue weighted by molar-refractivity contribution is -0.0745. The fraction of sp³-hybridized carbons (Fsp3) is 0.667.